The Kier molecular flexibility index (Phi) is 2.08. The third-order valence-electron chi connectivity index (χ3n) is 3.42. The van der Waals surface area contributed by atoms with E-state index < -0.39 is 5.60 Å². The monoisotopic (exact) mass is 210 g/mol. The minimum atomic E-state index is -0.804. The molecule has 1 unspecified atom stereocenters. The zero-order valence-corrected chi connectivity index (χ0v) is 9.06. The molecule has 1 aromatic rings. The fourth-order valence-corrected chi connectivity index (χ4v) is 2.54. The van der Waals surface area contributed by atoms with Crippen LogP contribution < -0.4 is 0 Å². The molecular formula is C15H14O. The first-order valence-corrected chi connectivity index (χ1v) is 5.65. The Balaban J connectivity index is 2.08. The number of rotatable bonds is 1. The highest BCUT2D eigenvalue weighted by molar-refractivity contribution is 5.53. The third kappa shape index (κ3) is 1.29. The lowest BCUT2D eigenvalue weighted by molar-refractivity contribution is 0.0884. The van der Waals surface area contributed by atoms with Crippen molar-refractivity contribution < 1.29 is 5.11 Å². The van der Waals surface area contributed by atoms with Gasteiger partial charge in [-0.1, -0.05) is 54.6 Å². The maximum absolute atomic E-state index is 10.8. The highest BCUT2D eigenvalue weighted by Crippen LogP contribution is 2.45. The van der Waals surface area contributed by atoms with Gasteiger partial charge in [0, 0.05) is 6.42 Å². The summed E-state index contributed by atoms with van der Waals surface area (Å²) in [6.45, 7) is 0. The highest BCUT2D eigenvalue weighted by Gasteiger charge is 2.38. The van der Waals surface area contributed by atoms with Crippen molar-refractivity contribution in [3.63, 3.8) is 0 Å². The molecule has 1 N–H and O–H groups in total. The van der Waals surface area contributed by atoms with E-state index in [1.165, 1.54) is 5.57 Å². The predicted molar refractivity (Wildman–Crippen MR) is 64.9 cm³/mol. The van der Waals surface area contributed by atoms with E-state index in [1.807, 2.05) is 42.5 Å². The molecule has 2 aliphatic carbocycles. The van der Waals surface area contributed by atoms with Crippen molar-refractivity contribution in [2.75, 3.05) is 0 Å². The molecule has 0 fully saturated rings. The van der Waals surface area contributed by atoms with Crippen LogP contribution in [0, 0.1) is 0 Å². The van der Waals surface area contributed by atoms with Gasteiger partial charge in [0.2, 0.25) is 0 Å². The maximum Gasteiger partial charge on any atom is 0.118 e. The summed E-state index contributed by atoms with van der Waals surface area (Å²) in [5.74, 6) is 0. The van der Waals surface area contributed by atoms with Gasteiger partial charge in [0.15, 0.2) is 0 Å². The predicted octanol–water partition coefficient (Wildman–Crippen LogP) is 3.09. The molecule has 1 heteroatoms. The Morgan fingerprint density at radius 1 is 1.12 bits per heavy atom. The number of allylic oxidation sites excluding steroid dienone is 3. The Hall–Kier alpha value is -1.60. The molecule has 0 aliphatic heterocycles. The molecule has 0 amide bonds. The van der Waals surface area contributed by atoms with Crippen LogP contribution in [0.3, 0.4) is 0 Å². The minimum absolute atomic E-state index is 0.694. The lowest BCUT2D eigenvalue weighted by atomic mass is 9.83. The second-order valence-corrected chi connectivity index (χ2v) is 4.37. The van der Waals surface area contributed by atoms with Crippen molar-refractivity contribution in [3.8, 4) is 0 Å². The Bertz CT molecular complexity index is 493. The van der Waals surface area contributed by atoms with Gasteiger partial charge in [-0.25, -0.2) is 0 Å². The van der Waals surface area contributed by atoms with Crippen LogP contribution in [-0.2, 0) is 5.60 Å². The fraction of sp³-hybridized carbons (Fsp3) is 0.200. The van der Waals surface area contributed by atoms with Gasteiger partial charge < -0.3 is 5.11 Å². The van der Waals surface area contributed by atoms with E-state index in [9.17, 15) is 5.11 Å². The van der Waals surface area contributed by atoms with Gasteiger partial charge in [0.25, 0.3) is 0 Å². The Morgan fingerprint density at radius 2 is 1.94 bits per heavy atom. The minimum Gasteiger partial charge on any atom is -0.380 e. The first-order valence-electron chi connectivity index (χ1n) is 5.65. The molecule has 0 saturated carbocycles. The van der Waals surface area contributed by atoms with Gasteiger partial charge in [-0.05, 0) is 23.1 Å². The van der Waals surface area contributed by atoms with Crippen LogP contribution in [0.5, 0.6) is 0 Å². The molecule has 3 rings (SSSR count). The zero-order valence-electron chi connectivity index (χ0n) is 9.06. The number of benzene rings is 1. The molecule has 16 heavy (non-hydrogen) atoms. The first kappa shape index (κ1) is 9.61. The Morgan fingerprint density at radius 3 is 2.75 bits per heavy atom. The van der Waals surface area contributed by atoms with Crippen LogP contribution >= 0.6 is 0 Å². The van der Waals surface area contributed by atoms with E-state index in [1.54, 1.807) is 0 Å². The molecule has 0 aromatic heterocycles. The zero-order chi connectivity index (χ0) is 11.0. The molecule has 0 spiro atoms. The summed E-state index contributed by atoms with van der Waals surface area (Å²) >= 11 is 0. The van der Waals surface area contributed by atoms with E-state index in [0.29, 0.717) is 6.42 Å². The molecule has 1 aromatic carbocycles. The topological polar surface area (TPSA) is 20.2 Å². The Labute approximate surface area is 95.4 Å². The van der Waals surface area contributed by atoms with Crippen molar-refractivity contribution in [1.82, 2.24) is 0 Å². The van der Waals surface area contributed by atoms with Crippen LogP contribution in [-0.4, -0.2) is 5.11 Å². The summed E-state index contributed by atoms with van der Waals surface area (Å²) in [6, 6.07) is 9.92. The number of fused-ring (bicyclic) bond motifs is 1. The highest BCUT2D eigenvalue weighted by atomic mass is 16.3. The summed E-state index contributed by atoms with van der Waals surface area (Å²) < 4.78 is 0. The van der Waals surface area contributed by atoms with Crippen LogP contribution in [0.25, 0.3) is 0 Å². The summed E-state index contributed by atoms with van der Waals surface area (Å²) in [5, 5.41) is 10.8. The van der Waals surface area contributed by atoms with E-state index in [-0.39, 0.29) is 0 Å². The lowest BCUT2D eigenvalue weighted by Crippen LogP contribution is -2.25. The second kappa shape index (κ2) is 3.46. The van der Waals surface area contributed by atoms with E-state index in [0.717, 1.165) is 17.6 Å². The van der Waals surface area contributed by atoms with Crippen molar-refractivity contribution in [2.24, 2.45) is 0 Å². The van der Waals surface area contributed by atoms with E-state index in [2.05, 4.69) is 12.2 Å². The molecule has 2 aliphatic rings. The van der Waals surface area contributed by atoms with Crippen LogP contribution in [0.15, 0.2) is 65.8 Å². The average Bonchev–Trinajstić information content (AvgIpc) is 2.71. The van der Waals surface area contributed by atoms with Gasteiger partial charge >= 0.3 is 0 Å². The quantitative estimate of drug-likeness (QED) is 0.755. The summed E-state index contributed by atoms with van der Waals surface area (Å²) in [5.41, 5.74) is 2.53. The lowest BCUT2D eigenvalue weighted by Gasteiger charge is -2.27. The maximum atomic E-state index is 10.8. The molecule has 1 nitrogen and oxygen atoms in total. The molecule has 0 heterocycles. The van der Waals surface area contributed by atoms with Gasteiger partial charge in [-0.15, -0.1) is 0 Å². The fourth-order valence-electron chi connectivity index (χ4n) is 2.54. The molecular weight excluding hydrogens is 196 g/mol. The summed E-state index contributed by atoms with van der Waals surface area (Å²) in [7, 11) is 0. The molecule has 1 atom stereocenters. The van der Waals surface area contributed by atoms with Crippen molar-refractivity contribution in [1.29, 1.82) is 0 Å². The standard InChI is InChI=1S/C15H14O/c16-15(13-7-2-1-3-8-13)11-10-12-6-4-5-9-14(12)15/h1-5,7-10,16H,6,11H2. The van der Waals surface area contributed by atoms with Gasteiger partial charge in [-0.2, -0.15) is 0 Å². The van der Waals surface area contributed by atoms with Gasteiger partial charge in [0.1, 0.15) is 5.60 Å². The number of hydrogen-bond acceptors (Lipinski definition) is 1. The van der Waals surface area contributed by atoms with Crippen molar-refractivity contribution in [2.45, 2.75) is 18.4 Å². The largest absolute Gasteiger partial charge is 0.380 e. The molecule has 0 saturated heterocycles. The van der Waals surface area contributed by atoms with Crippen molar-refractivity contribution in [3.05, 3.63) is 71.3 Å². The van der Waals surface area contributed by atoms with E-state index in [4.69, 9.17) is 0 Å². The third-order valence-corrected chi connectivity index (χ3v) is 3.42. The SMILES string of the molecule is OC1(c2ccccc2)CC=C2CC=CC=C21. The second-order valence-electron chi connectivity index (χ2n) is 4.37. The number of hydrogen-bond donors (Lipinski definition) is 1. The van der Waals surface area contributed by atoms with Crippen LogP contribution in [0.2, 0.25) is 0 Å². The van der Waals surface area contributed by atoms with Crippen molar-refractivity contribution >= 4 is 0 Å². The molecule has 0 radical (unpaired) electrons. The normalized spacial score (nSPS) is 27.3. The van der Waals surface area contributed by atoms with E-state index >= 15 is 0 Å². The summed E-state index contributed by atoms with van der Waals surface area (Å²) in [6.07, 6.45) is 10.00. The smallest absolute Gasteiger partial charge is 0.118 e. The molecule has 0 bridgehead atoms. The summed E-state index contributed by atoms with van der Waals surface area (Å²) in [4.78, 5) is 0. The molecule has 80 valence electrons. The number of aliphatic hydroxyl groups is 1. The average molecular weight is 210 g/mol. The first-order chi connectivity index (χ1) is 7.81. The van der Waals surface area contributed by atoms with Gasteiger partial charge in [-0.3, -0.25) is 0 Å². The van der Waals surface area contributed by atoms with Crippen LogP contribution in [0.4, 0.5) is 0 Å². The van der Waals surface area contributed by atoms with Gasteiger partial charge in [0.05, 0.1) is 0 Å². The van der Waals surface area contributed by atoms with Crippen LogP contribution in [0.1, 0.15) is 18.4 Å².